The summed E-state index contributed by atoms with van der Waals surface area (Å²) in [4.78, 5) is 7.12. The molecule has 0 spiro atoms. The van der Waals surface area contributed by atoms with E-state index in [9.17, 15) is 5.11 Å². The summed E-state index contributed by atoms with van der Waals surface area (Å²) in [5, 5.41) is 14.1. The molecule has 1 aromatic carbocycles. The maximum atomic E-state index is 10.7. The van der Waals surface area contributed by atoms with Gasteiger partial charge in [0.1, 0.15) is 17.6 Å². The van der Waals surface area contributed by atoms with Gasteiger partial charge in [0.15, 0.2) is 5.96 Å². The molecule has 1 saturated carbocycles. The standard InChI is InChI=1S/C21H33N3O3/c1-4-22-21(24-13-15-7-5-6-8-16(15)14-24)23-12-19(25)18-11-17(26-2)9-10-20(18)27-3/h9-11,15-16,19,25H,4-8,12-14H2,1-3H3,(H,22,23). The summed E-state index contributed by atoms with van der Waals surface area (Å²) in [5.41, 5.74) is 0.700. The molecule has 27 heavy (non-hydrogen) atoms. The summed E-state index contributed by atoms with van der Waals surface area (Å²) >= 11 is 0. The Kier molecular flexibility index (Phi) is 6.83. The van der Waals surface area contributed by atoms with E-state index in [2.05, 4.69) is 17.1 Å². The van der Waals surface area contributed by atoms with Crippen molar-refractivity contribution < 1.29 is 14.6 Å². The molecular weight excluding hydrogens is 342 g/mol. The van der Waals surface area contributed by atoms with Gasteiger partial charge in [0.05, 0.1) is 20.8 Å². The highest BCUT2D eigenvalue weighted by molar-refractivity contribution is 5.80. The Bertz CT molecular complexity index is 636. The zero-order valence-corrected chi connectivity index (χ0v) is 16.8. The first-order chi connectivity index (χ1) is 13.2. The molecule has 1 aliphatic heterocycles. The molecule has 2 aliphatic rings. The van der Waals surface area contributed by atoms with E-state index in [0.29, 0.717) is 17.1 Å². The summed E-state index contributed by atoms with van der Waals surface area (Å²) in [5.74, 6) is 3.85. The van der Waals surface area contributed by atoms with Crippen molar-refractivity contribution in [1.82, 2.24) is 10.2 Å². The molecular formula is C21H33N3O3. The van der Waals surface area contributed by atoms with Crippen molar-refractivity contribution in [2.24, 2.45) is 16.8 Å². The Morgan fingerprint density at radius 2 is 1.93 bits per heavy atom. The summed E-state index contributed by atoms with van der Waals surface area (Å²) in [7, 11) is 3.23. The number of hydrogen-bond donors (Lipinski definition) is 2. The van der Waals surface area contributed by atoms with E-state index in [1.807, 2.05) is 18.2 Å². The predicted molar refractivity (Wildman–Crippen MR) is 108 cm³/mol. The van der Waals surface area contributed by atoms with Crippen molar-refractivity contribution in [3.63, 3.8) is 0 Å². The lowest BCUT2D eigenvalue weighted by Gasteiger charge is -2.22. The Morgan fingerprint density at radius 1 is 1.22 bits per heavy atom. The van der Waals surface area contributed by atoms with Crippen LogP contribution in [0.2, 0.25) is 0 Å². The molecule has 0 bridgehead atoms. The van der Waals surface area contributed by atoms with Gasteiger partial charge in [-0.2, -0.15) is 0 Å². The van der Waals surface area contributed by atoms with Crippen molar-refractivity contribution in [2.75, 3.05) is 40.4 Å². The molecule has 1 heterocycles. The van der Waals surface area contributed by atoms with Gasteiger partial charge >= 0.3 is 0 Å². The smallest absolute Gasteiger partial charge is 0.194 e. The van der Waals surface area contributed by atoms with Gasteiger partial charge in [-0.3, -0.25) is 4.99 Å². The number of methoxy groups -OCH3 is 2. The van der Waals surface area contributed by atoms with Crippen LogP contribution in [-0.4, -0.2) is 56.4 Å². The minimum Gasteiger partial charge on any atom is -0.497 e. The number of likely N-dealkylation sites (tertiary alicyclic amines) is 1. The summed E-state index contributed by atoms with van der Waals surface area (Å²) in [6.07, 6.45) is 4.65. The van der Waals surface area contributed by atoms with Gasteiger partial charge in [-0.25, -0.2) is 0 Å². The second-order valence-corrected chi connectivity index (χ2v) is 7.53. The molecule has 150 valence electrons. The van der Waals surface area contributed by atoms with Crippen LogP contribution in [0.15, 0.2) is 23.2 Å². The molecule has 0 amide bonds. The maximum Gasteiger partial charge on any atom is 0.194 e. The van der Waals surface area contributed by atoms with E-state index in [0.717, 1.165) is 37.4 Å². The molecule has 2 fully saturated rings. The van der Waals surface area contributed by atoms with Gasteiger partial charge in [0, 0.05) is 25.2 Å². The first-order valence-electron chi connectivity index (χ1n) is 10.1. The minimum absolute atomic E-state index is 0.289. The number of aliphatic imine (C=N–C) groups is 1. The minimum atomic E-state index is -0.742. The lowest BCUT2D eigenvalue weighted by molar-refractivity contribution is 0.181. The number of nitrogens with one attached hydrogen (secondary N) is 1. The van der Waals surface area contributed by atoms with Crippen molar-refractivity contribution in [3.05, 3.63) is 23.8 Å². The number of fused-ring (bicyclic) bond motifs is 1. The molecule has 3 unspecified atom stereocenters. The van der Waals surface area contributed by atoms with Crippen molar-refractivity contribution in [3.8, 4) is 11.5 Å². The molecule has 1 saturated heterocycles. The van der Waals surface area contributed by atoms with E-state index in [-0.39, 0.29) is 6.54 Å². The van der Waals surface area contributed by atoms with Crippen LogP contribution in [0.5, 0.6) is 11.5 Å². The van der Waals surface area contributed by atoms with Crippen LogP contribution in [0.3, 0.4) is 0 Å². The van der Waals surface area contributed by atoms with E-state index < -0.39 is 6.10 Å². The number of guanidine groups is 1. The fourth-order valence-electron chi connectivity index (χ4n) is 4.38. The van der Waals surface area contributed by atoms with Crippen LogP contribution in [0.4, 0.5) is 0 Å². The normalized spacial score (nSPS) is 23.7. The number of ether oxygens (including phenoxy) is 2. The van der Waals surface area contributed by atoms with Crippen LogP contribution in [0.1, 0.15) is 44.3 Å². The highest BCUT2D eigenvalue weighted by Gasteiger charge is 2.35. The largest absolute Gasteiger partial charge is 0.497 e. The molecule has 0 radical (unpaired) electrons. The monoisotopic (exact) mass is 375 g/mol. The van der Waals surface area contributed by atoms with E-state index in [1.165, 1.54) is 25.7 Å². The van der Waals surface area contributed by atoms with Gasteiger partial charge in [-0.05, 0) is 49.8 Å². The molecule has 1 aliphatic carbocycles. The number of nitrogens with zero attached hydrogens (tertiary/aromatic N) is 2. The summed E-state index contributed by atoms with van der Waals surface area (Å²) < 4.78 is 10.7. The first-order valence-corrected chi connectivity index (χ1v) is 10.1. The maximum absolute atomic E-state index is 10.7. The highest BCUT2D eigenvalue weighted by atomic mass is 16.5. The second kappa shape index (κ2) is 9.31. The lowest BCUT2D eigenvalue weighted by atomic mass is 9.82. The topological polar surface area (TPSA) is 66.3 Å². The number of aliphatic hydroxyl groups is 1. The molecule has 3 atom stereocenters. The first kappa shape index (κ1) is 19.8. The molecule has 0 aromatic heterocycles. The zero-order valence-electron chi connectivity index (χ0n) is 16.8. The molecule has 1 aromatic rings. The second-order valence-electron chi connectivity index (χ2n) is 7.53. The molecule has 6 nitrogen and oxygen atoms in total. The van der Waals surface area contributed by atoms with Crippen LogP contribution < -0.4 is 14.8 Å². The lowest BCUT2D eigenvalue weighted by Crippen LogP contribution is -2.40. The van der Waals surface area contributed by atoms with E-state index >= 15 is 0 Å². The van der Waals surface area contributed by atoms with Crippen LogP contribution in [0.25, 0.3) is 0 Å². The summed E-state index contributed by atoms with van der Waals surface area (Å²) in [6.45, 7) is 5.35. The number of aliphatic hydroxyl groups excluding tert-OH is 1. The van der Waals surface area contributed by atoms with Crippen molar-refractivity contribution in [2.45, 2.75) is 38.7 Å². The van der Waals surface area contributed by atoms with Gasteiger partial charge in [0.2, 0.25) is 0 Å². The van der Waals surface area contributed by atoms with Gasteiger partial charge in [-0.1, -0.05) is 12.8 Å². The fraction of sp³-hybridized carbons (Fsp3) is 0.667. The van der Waals surface area contributed by atoms with E-state index in [1.54, 1.807) is 14.2 Å². The SMILES string of the molecule is CCNC(=NCC(O)c1cc(OC)ccc1OC)N1CC2CCCCC2C1. The third-order valence-electron chi connectivity index (χ3n) is 5.82. The molecule has 3 rings (SSSR count). The van der Waals surface area contributed by atoms with Crippen LogP contribution in [-0.2, 0) is 0 Å². The number of hydrogen-bond acceptors (Lipinski definition) is 4. The van der Waals surface area contributed by atoms with Gasteiger partial charge < -0.3 is 24.8 Å². The Morgan fingerprint density at radius 3 is 2.52 bits per heavy atom. The molecule has 2 N–H and O–H groups in total. The number of benzene rings is 1. The third kappa shape index (κ3) is 4.67. The summed E-state index contributed by atoms with van der Waals surface area (Å²) in [6, 6.07) is 5.46. The third-order valence-corrected chi connectivity index (χ3v) is 5.82. The quantitative estimate of drug-likeness (QED) is 0.591. The average molecular weight is 376 g/mol. The van der Waals surface area contributed by atoms with Gasteiger partial charge in [0.25, 0.3) is 0 Å². The zero-order chi connectivity index (χ0) is 19.2. The van der Waals surface area contributed by atoms with Crippen molar-refractivity contribution in [1.29, 1.82) is 0 Å². The van der Waals surface area contributed by atoms with E-state index in [4.69, 9.17) is 14.5 Å². The number of rotatable bonds is 6. The fourth-order valence-corrected chi connectivity index (χ4v) is 4.38. The Hall–Kier alpha value is -1.95. The molecule has 6 heteroatoms. The Labute approximate surface area is 162 Å². The van der Waals surface area contributed by atoms with Crippen LogP contribution in [0, 0.1) is 11.8 Å². The van der Waals surface area contributed by atoms with Crippen molar-refractivity contribution >= 4 is 5.96 Å². The van der Waals surface area contributed by atoms with Crippen LogP contribution >= 0.6 is 0 Å². The highest BCUT2D eigenvalue weighted by Crippen LogP contribution is 2.36. The van der Waals surface area contributed by atoms with Gasteiger partial charge in [-0.15, -0.1) is 0 Å². The Balaban J connectivity index is 1.71. The predicted octanol–water partition coefficient (Wildman–Crippen LogP) is 2.82. The average Bonchev–Trinajstić information content (AvgIpc) is 3.14.